The molecule has 6 heteroatoms. The van der Waals surface area contributed by atoms with Gasteiger partial charge in [0.1, 0.15) is 4.21 Å². The molecule has 2 unspecified atom stereocenters. The van der Waals surface area contributed by atoms with Crippen molar-refractivity contribution >= 4 is 21.4 Å². The van der Waals surface area contributed by atoms with E-state index < -0.39 is 10.0 Å². The van der Waals surface area contributed by atoms with Gasteiger partial charge in [-0.2, -0.15) is 4.31 Å². The zero-order valence-electron chi connectivity index (χ0n) is 12.6. The SMILES string of the molecule is CNCc1sc(S(=O)(=O)N2CCC(C)C(C)C2)cc1C. The van der Waals surface area contributed by atoms with Crippen molar-refractivity contribution < 1.29 is 8.42 Å². The lowest BCUT2D eigenvalue weighted by Gasteiger charge is -2.34. The van der Waals surface area contributed by atoms with Crippen LogP contribution >= 0.6 is 11.3 Å². The third-order valence-electron chi connectivity index (χ3n) is 4.23. The number of aryl methyl sites for hydroxylation is 1. The van der Waals surface area contributed by atoms with E-state index in [4.69, 9.17) is 0 Å². The summed E-state index contributed by atoms with van der Waals surface area (Å²) in [6.45, 7) is 8.32. The minimum absolute atomic E-state index is 0.427. The topological polar surface area (TPSA) is 49.4 Å². The van der Waals surface area contributed by atoms with Gasteiger partial charge in [0.25, 0.3) is 10.0 Å². The number of hydrogen-bond acceptors (Lipinski definition) is 4. The largest absolute Gasteiger partial charge is 0.315 e. The summed E-state index contributed by atoms with van der Waals surface area (Å²) in [5, 5.41) is 3.08. The van der Waals surface area contributed by atoms with Crippen LogP contribution in [0.15, 0.2) is 10.3 Å². The van der Waals surface area contributed by atoms with Crippen molar-refractivity contribution in [3.05, 3.63) is 16.5 Å². The minimum Gasteiger partial charge on any atom is -0.315 e. The molecule has 0 amide bonds. The van der Waals surface area contributed by atoms with Crippen LogP contribution in [0.3, 0.4) is 0 Å². The van der Waals surface area contributed by atoms with E-state index in [-0.39, 0.29) is 0 Å². The van der Waals surface area contributed by atoms with Gasteiger partial charge in [-0.25, -0.2) is 8.42 Å². The van der Waals surface area contributed by atoms with Gasteiger partial charge in [-0.05, 0) is 43.9 Å². The normalized spacial score (nSPS) is 25.0. The smallest absolute Gasteiger partial charge is 0.252 e. The molecular weight excluding hydrogens is 292 g/mol. The molecular formula is C14H24N2O2S2. The molecule has 0 aromatic carbocycles. The van der Waals surface area contributed by atoms with Gasteiger partial charge >= 0.3 is 0 Å². The molecule has 2 atom stereocenters. The summed E-state index contributed by atoms with van der Waals surface area (Å²) < 4.78 is 27.6. The summed E-state index contributed by atoms with van der Waals surface area (Å²) in [6.07, 6.45) is 0.953. The van der Waals surface area contributed by atoms with Crippen LogP contribution in [0.2, 0.25) is 0 Å². The Morgan fingerprint density at radius 1 is 1.40 bits per heavy atom. The number of piperidine rings is 1. The highest BCUT2D eigenvalue weighted by atomic mass is 32.2. The quantitative estimate of drug-likeness (QED) is 0.928. The Bertz CT molecular complexity index is 566. The van der Waals surface area contributed by atoms with Crippen molar-refractivity contribution in [2.24, 2.45) is 11.8 Å². The Kier molecular flexibility index (Phi) is 4.89. The first-order chi connectivity index (χ1) is 9.36. The number of thiophene rings is 1. The second-order valence-corrected chi connectivity index (χ2v) is 9.11. The highest BCUT2D eigenvalue weighted by molar-refractivity contribution is 7.91. The standard InChI is InChI=1S/C14H24N2O2S2/c1-10-5-6-16(9-12(10)3)20(17,18)14-7-11(2)13(19-14)8-15-4/h7,10,12,15H,5-6,8-9H2,1-4H3. The van der Waals surface area contributed by atoms with Gasteiger partial charge in [0, 0.05) is 24.5 Å². The molecule has 0 spiro atoms. The van der Waals surface area contributed by atoms with Gasteiger partial charge in [0.15, 0.2) is 0 Å². The van der Waals surface area contributed by atoms with Gasteiger partial charge in [-0.3, -0.25) is 0 Å². The zero-order chi connectivity index (χ0) is 14.9. The van der Waals surface area contributed by atoms with E-state index >= 15 is 0 Å². The predicted octanol–water partition coefficient (Wildman–Crippen LogP) is 2.44. The van der Waals surface area contributed by atoms with Crippen LogP contribution in [-0.4, -0.2) is 32.9 Å². The molecule has 1 saturated heterocycles. The molecule has 1 aliphatic rings. The fourth-order valence-corrected chi connectivity index (χ4v) is 5.83. The van der Waals surface area contributed by atoms with Crippen LogP contribution in [0.4, 0.5) is 0 Å². The lowest BCUT2D eigenvalue weighted by atomic mass is 9.90. The molecule has 20 heavy (non-hydrogen) atoms. The predicted molar refractivity (Wildman–Crippen MR) is 83.5 cm³/mol. The monoisotopic (exact) mass is 316 g/mol. The maximum absolute atomic E-state index is 12.7. The van der Waals surface area contributed by atoms with Gasteiger partial charge < -0.3 is 5.32 Å². The summed E-state index contributed by atoms with van der Waals surface area (Å²) in [7, 11) is -1.44. The molecule has 1 fully saturated rings. The van der Waals surface area contributed by atoms with Crippen LogP contribution in [0.5, 0.6) is 0 Å². The molecule has 1 aromatic rings. The van der Waals surface area contributed by atoms with Gasteiger partial charge in [-0.15, -0.1) is 11.3 Å². The van der Waals surface area contributed by atoms with E-state index in [9.17, 15) is 8.42 Å². The van der Waals surface area contributed by atoms with Crippen molar-refractivity contribution in [1.29, 1.82) is 0 Å². The molecule has 2 rings (SSSR count). The number of rotatable bonds is 4. The third kappa shape index (κ3) is 3.08. The fourth-order valence-electron chi connectivity index (χ4n) is 2.52. The average Bonchev–Trinajstić information content (AvgIpc) is 2.75. The zero-order valence-corrected chi connectivity index (χ0v) is 14.3. The molecule has 0 aliphatic carbocycles. The van der Waals surface area contributed by atoms with Crippen molar-refractivity contribution in [1.82, 2.24) is 9.62 Å². The Morgan fingerprint density at radius 3 is 2.70 bits per heavy atom. The van der Waals surface area contributed by atoms with Crippen LogP contribution in [0, 0.1) is 18.8 Å². The molecule has 0 bridgehead atoms. The molecule has 0 radical (unpaired) electrons. The van der Waals surface area contributed by atoms with E-state index in [1.165, 1.54) is 11.3 Å². The second kappa shape index (κ2) is 6.13. The van der Waals surface area contributed by atoms with E-state index in [1.807, 2.05) is 20.0 Å². The number of nitrogens with one attached hydrogen (secondary N) is 1. The highest BCUT2D eigenvalue weighted by Gasteiger charge is 2.32. The van der Waals surface area contributed by atoms with Gasteiger partial charge in [0.05, 0.1) is 0 Å². The van der Waals surface area contributed by atoms with Crippen LogP contribution in [0.25, 0.3) is 0 Å². The van der Waals surface area contributed by atoms with Crippen LogP contribution < -0.4 is 5.32 Å². The highest BCUT2D eigenvalue weighted by Crippen LogP contribution is 2.32. The lowest BCUT2D eigenvalue weighted by molar-refractivity contribution is 0.213. The first-order valence-electron chi connectivity index (χ1n) is 7.10. The Balaban J connectivity index is 2.24. The van der Waals surface area contributed by atoms with Crippen molar-refractivity contribution in [2.75, 3.05) is 20.1 Å². The first kappa shape index (κ1) is 15.9. The van der Waals surface area contributed by atoms with Gasteiger partial charge in [0.2, 0.25) is 0 Å². The molecule has 114 valence electrons. The summed E-state index contributed by atoms with van der Waals surface area (Å²) in [6, 6.07) is 1.81. The number of sulfonamides is 1. The fraction of sp³-hybridized carbons (Fsp3) is 0.714. The maximum atomic E-state index is 12.7. The summed E-state index contributed by atoms with van der Waals surface area (Å²) >= 11 is 1.39. The third-order valence-corrected chi connectivity index (χ3v) is 7.78. The van der Waals surface area contributed by atoms with E-state index in [0.29, 0.717) is 29.1 Å². The molecule has 4 nitrogen and oxygen atoms in total. The minimum atomic E-state index is -3.31. The number of hydrogen-bond donors (Lipinski definition) is 1. The lowest BCUT2D eigenvalue weighted by Crippen LogP contribution is -2.41. The first-order valence-corrected chi connectivity index (χ1v) is 9.36. The Morgan fingerprint density at radius 2 is 2.10 bits per heavy atom. The van der Waals surface area contributed by atoms with Crippen molar-refractivity contribution in [2.45, 2.75) is 37.9 Å². The van der Waals surface area contributed by atoms with E-state index in [0.717, 1.165) is 23.4 Å². The molecule has 1 N–H and O–H groups in total. The molecule has 0 saturated carbocycles. The molecule has 1 aromatic heterocycles. The number of nitrogens with zero attached hydrogens (tertiary/aromatic N) is 1. The Labute approximate surface area is 126 Å². The van der Waals surface area contributed by atoms with Gasteiger partial charge in [-0.1, -0.05) is 13.8 Å². The molecule has 1 aliphatic heterocycles. The van der Waals surface area contributed by atoms with E-state index in [2.05, 4.69) is 19.2 Å². The maximum Gasteiger partial charge on any atom is 0.252 e. The molecule has 2 heterocycles. The Hall–Kier alpha value is -0.430. The second-order valence-electron chi connectivity index (χ2n) is 5.81. The average molecular weight is 316 g/mol. The summed E-state index contributed by atoms with van der Waals surface area (Å²) in [5.41, 5.74) is 1.06. The van der Waals surface area contributed by atoms with Crippen LogP contribution in [0.1, 0.15) is 30.7 Å². The van der Waals surface area contributed by atoms with Crippen molar-refractivity contribution in [3.63, 3.8) is 0 Å². The van der Waals surface area contributed by atoms with Crippen LogP contribution in [-0.2, 0) is 16.6 Å². The summed E-state index contributed by atoms with van der Waals surface area (Å²) in [4.78, 5) is 1.10. The van der Waals surface area contributed by atoms with Crippen molar-refractivity contribution in [3.8, 4) is 0 Å². The summed E-state index contributed by atoms with van der Waals surface area (Å²) in [5.74, 6) is 1.03. The van der Waals surface area contributed by atoms with E-state index in [1.54, 1.807) is 4.31 Å².